The molecule has 0 bridgehead atoms. The first-order valence-corrected chi connectivity index (χ1v) is 6.15. The quantitative estimate of drug-likeness (QED) is 0.695. The highest BCUT2D eigenvalue weighted by molar-refractivity contribution is 7.92. The van der Waals surface area contributed by atoms with Gasteiger partial charge >= 0.3 is 0 Å². The molecule has 7 heteroatoms. The molecule has 2 fully saturated rings. The zero-order valence-corrected chi connectivity index (χ0v) is 10.3. The largest absolute Gasteiger partial charge is 0.314 e. The second-order valence-corrected chi connectivity index (χ2v) is 5.67. The standard InChI is InChI=1S/C7H14N2O2S.2ClH/c10-12(11)5-7(6-12)9-3-1-8-2-4-9;;/h7-8H,1-6H2;2*1H. The maximum absolute atomic E-state index is 10.9. The number of hydrogen-bond donors (Lipinski definition) is 1. The first-order chi connectivity index (χ1) is 5.67. The van der Waals surface area contributed by atoms with Crippen molar-refractivity contribution >= 4 is 34.7 Å². The van der Waals surface area contributed by atoms with E-state index in [1.165, 1.54) is 0 Å². The summed E-state index contributed by atoms with van der Waals surface area (Å²) in [5.41, 5.74) is 0. The topological polar surface area (TPSA) is 49.4 Å². The van der Waals surface area contributed by atoms with Gasteiger partial charge in [0.15, 0.2) is 9.84 Å². The fraction of sp³-hybridized carbons (Fsp3) is 1.00. The molecule has 2 heterocycles. The number of hydrogen-bond acceptors (Lipinski definition) is 4. The number of rotatable bonds is 1. The molecule has 2 aliphatic heterocycles. The molecule has 0 atom stereocenters. The maximum Gasteiger partial charge on any atom is 0.153 e. The Morgan fingerprint density at radius 3 is 2.00 bits per heavy atom. The van der Waals surface area contributed by atoms with Gasteiger partial charge in [0, 0.05) is 32.2 Å². The highest BCUT2D eigenvalue weighted by Gasteiger charge is 2.37. The molecule has 0 aliphatic carbocycles. The van der Waals surface area contributed by atoms with Crippen LogP contribution in [0.3, 0.4) is 0 Å². The Balaban J connectivity index is 0.000000845. The third-order valence-corrected chi connectivity index (χ3v) is 4.35. The van der Waals surface area contributed by atoms with Crippen molar-refractivity contribution in [3.8, 4) is 0 Å². The molecule has 0 spiro atoms. The Morgan fingerprint density at radius 1 is 1.07 bits per heavy atom. The molecule has 2 rings (SSSR count). The lowest BCUT2D eigenvalue weighted by Crippen LogP contribution is -2.58. The second-order valence-electron chi connectivity index (χ2n) is 3.52. The van der Waals surface area contributed by atoms with Crippen molar-refractivity contribution in [3.05, 3.63) is 0 Å². The number of piperazine rings is 1. The van der Waals surface area contributed by atoms with E-state index in [1.54, 1.807) is 0 Å². The lowest BCUT2D eigenvalue weighted by atomic mass is 10.2. The van der Waals surface area contributed by atoms with Crippen LogP contribution in [0.15, 0.2) is 0 Å². The molecule has 86 valence electrons. The van der Waals surface area contributed by atoms with Gasteiger partial charge in [-0.3, -0.25) is 4.90 Å². The van der Waals surface area contributed by atoms with E-state index in [0.717, 1.165) is 26.2 Å². The molecule has 0 aromatic rings. The molecule has 14 heavy (non-hydrogen) atoms. The minimum Gasteiger partial charge on any atom is -0.314 e. The summed E-state index contributed by atoms with van der Waals surface area (Å²) in [5, 5.41) is 3.25. The van der Waals surface area contributed by atoms with Gasteiger partial charge in [-0.05, 0) is 0 Å². The van der Waals surface area contributed by atoms with Crippen LogP contribution in [0.4, 0.5) is 0 Å². The SMILES string of the molecule is Cl.Cl.O=S1(=O)CC(N2CCNCC2)C1. The third kappa shape index (κ3) is 3.24. The fourth-order valence-corrected chi connectivity index (χ4v) is 3.29. The number of nitrogens with zero attached hydrogens (tertiary/aromatic N) is 1. The molecule has 2 aliphatic rings. The van der Waals surface area contributed by atoms with Crippen LogP contribution in [0.5, 0.6) is 0 Å². The fourth-order valence-electron chi connectivity index (χ4n) is 1.80. The van der Waals surface area contributed by atoms with Gasteiger partial charge in [-0.25, -0.2) is 8.42 Å². The smallest absolute Gasteiger partial charge is 0.153 e. The normalized spacial score (nSPS) is 26.9. The molecule has 1 N–H and O–H groups in total. The van der Waals surface area contributed by atoms with Gasteiger partial charge in [-0.15, -0.1) is 24.8 Å². The molecule has 4 nitrogen and oxygen atoms in total. The maximum atomic E-state index is 10.9. The molecule has 0 saturated carbocycles. The van der Waals surface area contributed by atoms with Crippen LogP contribution in [0.25, 0.3) is 0 Å². The summed E-state index contributed by atoms with van der Waals surface area (Å²) in [6.45, 7) is 3.99. The van der Waals surface area contributed by atoms with E-state index in [1.807, 2.05) is 0 Å². The summed E-state index contributed by atoms with van der Waals surface area (Å²) >= 11 is 0. The van der Waals surface area contributed by atoms with Gasteiger partial charge in [0.2, 0.25) is 0 Å². The van der Waals surface area contributed by atoms with E-state index in [0.29, 0.717) is 17.5 Å². The summed E-state index contributed by atoms with van der Waals surface area (Å²) in [6, 6.07) is 0.317. The Kier molecular flexibility index (Phi) is 5.69. The molecule has 0 aromatic carbocycles. The zero-order chi connectivity index (χ0) is 8.60. The van der Waals surface area contributed by atoms with E-state index in [9.17, 15) is 8.42 Å². The predicted molar refractivity (Wildman–Crippen MR) is 61.4 cm³/mol. The molecule has 0 radical (unpaired) electrons. The minimum atomic E-state index is -2.64. The highest BCUT2D eigenvalue weighted by atomic mass is 35.5. The average molecular weight is 263 g/mol. The van der Waals surface area contributed by atoms with Gasteiger partial charge in [0.25, 0.3) is 0 Å². The monoisotopic (exact) mass is 262 g/mol. The predicted octanol–water partition coefficient (Wildman–Crippen LogP) is -0.468. The van der Waals surface area contributed by atoms with E-state index < -0.39 is 9.84 Å². The van der Waals surface area contributed by atoms with Gasteiger partial charge in [-0.1, -0.05) is 0 Å². The first kappa shape index (κ1) is 14.5. The Bertz CT molecular complexity index is 253. The number of halogens is 2. The van der Waals surface area contributed by atoms with Crippen molar-refractivity contribution in [1.82, 2.24) is 10.2 Å². The zero-order valence-electron chi connectivity index (χ0n) is 7.81. The van der Waals surface area contributed by atoms with Crippen molar-refractivity contribution in [1.29, 1.82) is 0 Å². The Morgan fingerprint density at radius 2 is 1.57 bits per heavy atom. The summed E-state index contributed by atoms with van der Waals surface area (Å²) in [5.74, 6) is 0.764. The summed E-state index contributed by atoms with van der Waals surface area (Å²) in [6.07, 6.45) is 0. The molecular weight excluding hydrogens is 247 g/mol. The van der Waals surface area contributed by atoms with Crippen LogP contribution in [-0.4, -0.2) is 57.0 Å². The summed E-state index contributed by atoms with van der Waals surface area (Å²) in [7, 11) is -2.64. The van der Waals surface area contributed by atoms with Gasteiger partial charge < -0.3 is 5.32 Å². The Labute approximate surface area is 97.2 Å². The molecule has 2 saturated heterocycles. The minimum absolute atomic E-state index is 0. The van der Waals surface area contributed by atoms with Crippen LogP contribution in [0.2, 0.25) is 0 Å². The van der Waals surface area contributed by atoms with Crippen molar-refractivity contribution in [2.24, 2.45) is 0 Å². The van der Waals surface area contributed by atoms with Crippen LogP contribution in [0, 0.1) is 0 Å². The lowest BCUT2D eigenvalue weighted by Gasteiger charge is -2.39. The lowest BCUT2D eigenvalue weighted by molar-refractivity contribution is 0.189. The molecule has 0 aromatic heterocycles. The van der Waals surface area contributed by atoms with Crippen molar-refractivity contribution in [2.75, 3.05) is 37.7 Å². The molecular formula is C7H16Cl2N2O2S. The van der Waals surface area contributed by atoms with E-state index in [2.05, 4.69) is 10.2 Å². The third-order valence-electron chi connectivity index (χ3n) is 2.56. The van der Waals surface area contributed by atoms with Crippen molar-refractivity contribution in [3.63, 3.8) is 0 Å². The number of sulfone groups is 1. The van der Waals surface area contributed by atoms with Gasteiger partial charge in [0.1, 0.15) is 0 Å². The molecule has 0 amide bonds. The van der Waals surface area contributed by atoms with Crippen LogP contribution >= 0.6 is 24.8 Å². The highest BCUT2D eigenvalue weighted by Crippen LogP contribution is 2.17. The van der Waals surface area contributed by atoms with E-state index in [4.69, 9.17) is 0 Å². The van der Waals surface area contributed by atoms with Crippen LogP contribution in [-0.2, 0) is 9.84 Å². The van der Waals surface area contributed by atoms with Gasteiger partial charge in [-0.2, -0.15) is 0 Å². The van der Waals surface area contributed by atoms with E-state index >= 15 is 0 Å². The van der Waals surface area contributed by atoms with Crippen LogP contribution < -0.4 is 5.32 Å². The molecule has 0 unspecified atom stereocenters. The van der Waals surface area contributed by atoms with E-state index in [-0.39, 0.29) is 24.8 Å². The second kappa shape index (κ2) is 5.51. The summed E-state index contributed by atoms with van der Waals surface area (Å²) in [4.78, 5) is 2.28. The Hall–Kier alpha value is 0.450. The van der Waals surface area contributed by atoms with Crippen molar-refractivity contribution < 1.29 is 8.42 Å². The average Bonchev–Trinajstić information content (AvgIpc) is 2.02. The summed E-state index contributed by atoms with van der Waals surface area (Å²) < 4.78 is 21.8. The first-order valence-electron chi connectivity index (χ1n) is 4.32. The van der Waals surface area contributed by atoms with Crippen molar-refractivity contribution in [2.45, 2.75) is 6.04 Å². The number of nitrogens with one attached hydrogen (secondary N) is 1. The van der Waals surface area contributed by atoms with Crippen LogP contribution in [0.1, 0.15) is 0 Å². The van der Waals surface area contributed by atoms with Gasteiger partial charge in [0.05, 0.1) is 11.5 Å².